The van der Waals surface area contributed by atoms with Crippen LogP contribution in [-0.4, -0.2) is 13.7 Å². The molecule has 1 fully saturated rings. The second-order valence-corrected chi connectivity index (χ2v) is 5.70. The van der Waals surface area contributed by atoms with Crippen molar-refractivity contribution in [2.75, 3.05) is 13.7 Å². The van der Waals surface area contributed by atoms with Crippen molar-refractivity contribution in [1.82, 2.24) is 5.32 Å². The van der Waals surface area contributed by atoms with Crippen molar-refractivity contribution in [3.63, 3.8) is 0 Å². The van der Waals surface area contributed by atoms with Crippen molar-refractivity contribution in [3.05, 3.63) is 29.3 Å². The number of ether oxygens (including phenoxy) is 1. The van der Waals surface area contributed by atoms with Crippen molar-refractivity contribution in [3.8, 4) is 5.75 Å². The summed E-state index contributed by atoms with van der Waals surface area (Å²) in [5, 5.41) is 3.72. The van der Waals surface area contributed by atoms with Crippen LogP contribution in [0.2, 0.25) is 0 Å². The highest BCUT2D eigenvalue weighted by Gasteiger charge is 2.23. The quantitative estimate of drug-likeness (QED) is 0.775. The van der Waals surface area contributed by atoms with Crippen LogP contribution in [0.5, 0.6) is 5.75 Å². The van der Waals surface area contributed by atoms with Crippen LogP contribution in [0.1, 0.15) is 49.3 Å². The van der Waals surface area contributed by atoms with Crippen LogP contribution in [-0.2, 0) is 6.42 Å². The van der Waals surface area contributed by atoms with E-state index >= 15 is 0 Å². The summed E-state index contributed by atoms with van der Waals surface area (Å²) >= 11 is 0. The molecule has 2 aliphatic carbocycles. The Labute approximate surface area is 110 Å². The Morgan fingerprint density at radius 3 is 2.94 bits per heavy atom. The predicted molar refractivity (Wildman–Crippen MR) is 74.0 cm³/mol. The number of methoxy groups -OCH3 is 1. The first kappa shape index (κ1) is 12.0. The van der Waals surface area contributed by atoms with Crippen molar-refractivity contribution in [1.29, 1.82) is 0 Å². The van der Waals surface area contributed by atoms with E-state index in [0.29, 0.717) is 6.04 Å². The minimum absolute atomic E-state index is 0.550. The van der Waals surface area contributed by atoms with E-state index in [-0.39, 0.29) is 0 Å². The van der Waals surface area contributed by atoms with Crippen LogP contribution in [0.3, 0.4) is 0 Å². The number of benzene rings is 1. The maximum absolute atomic E-state index is 5.33. The normalized spacial score (nSPS) is 21.9. The molecule has 1 saturated carbocycles. The van der Waals surface area contributed by atoms with Gasteiger partial charge in [-0.3, -0.25) is 0 Å². The Hall–Kier alpha value is -1.02. The van der Waals surface area contributed by atoms with Crippen molar-refractivity contribution >= 4 is 0 Å². The molecule has 1 N–H and O–H groups in total. The molecule has 0 aromatic heterocycles. The summed E-state index contributed by atoms with van der Waals surface area (Å²) in [6.45, 7) is 1.16. The molecule has 1 aromatic rings. The maximum Gasteiger partial charge on any atom is 0.119 e. The standard InChI is InChI=1S/C16H23NO/c1-18-14-8-6-13-7-9-16(15(13)11-14)17-10-2-3-12-4-5-12/h6,8,11-12,16-17H,2-5,7,9-10H2,1H3. The lowest BCUT2D eigenvalue weighted by Gasteiger charge is -2.14. The topological polar surface area (TPSA) is 21.3 Å². The van der Waals surface area contributed by atoms with Gasteiger partial charge in [-0.05, 0) is 61.4 Å². The lowest BCUT2D eigenvalue weighted by atomic mass is 10.1. The van der Waals surface area contributed by atoms with Crippen LogP contribution in [0.25, 0.3) is 0 Å². The molecule has 2 heteroatoms. The summed E-state index contributed by atoms with van der Waals surface area (Å²) in [6, 6.07) is 7.06. The number of hydrogen-bond donors (Lipinski definition) is 1. The van der Waals surface area contributed by atoms with Crippen LogP contribution in [0.15, 0.2) is 18.2 Å². The Kier molecular flexibility index (Phi) is 3.55. The minimum Gasteiger partial charge on any atom is -0.497 e. The average Bonchev–Trinajstić information content (AvgIpc) is 3.15. The number of nitrogens with one attached hydrogen (secondary N) is 1. The summed E-state index contributed by atoms with van der Waals surface area (Å²) in [7, 11) is 1.74. The van der Waals surface area contributed by atoms with Gasteiger partial charge in [-0.15, -0.1) is 0 Å². The largest absolute Gasteiger partial charge is 0.497 e. The lowest BCUT2D eigenvalue weighted by molar-refractivity contribution is 0.413. The molecular formula is C16H23NO. The molecule has 1 aromatic carbocycles. The average molecular weight is 245 g/mol. The van der Waals surface area contributed by atoms with Crippen LogP contribution in [0, 0.1) is 5.92 Å². The molecular weight excluding hydrogens is 222 g/mol. The zero-order valence-corrected chi connectivity index (χ0v) is 11.2. The van der Waals surface area contributed by atoms with E-state index < -0.39 is 0 Å². The van der Waals surface area contributed by atoms with Gasteiger partial charge in [0.1, 0.15) is 5.75 Å². The first-order chi connectivity index (χ1) is 8.86. The van der Waals surface area contributed by atoms with Gasteiger partial charge in [0.15, 0.2) is 0 Å². The van der Waals surface area contributed by atoms with Gasteiger partial charge in [0, 0.05) is 6.04 Å². The highest BCUT2D eigenvalue weighted by molar-refractivity contribution is 5.40. The van der Waals surface area contributed by atoms with E-state index in [0.717, 1.165) is 18.2 Å². The number of fused-ring (bicyclic) bond motifs is 1. The zero-order chi connectivity index (χ0) is 12.4. The van der Waals surface area contributed by atoms with Gasteiger partial charge in [-0.25, -0.2) is 0 Å². The van der Waals surface area contributed by atoms with Gasteiger partial charge in [0.05, 0.1) is 7.11 Å². The SMILES string of the molecule is COc1ccc2c(c1)C(NCCCC1CC1)CC2. The van der Waals surface area contributed by atoms with E-state index in [4.69, 9.17) is 4.74 Å². The third-order valence-corrected chi connectivity index (χ3v) is 4.31. The van der Waals surface area contributed by atoms with Crippen molar-refractivity contribution in [2.24, 2.45) is 5.92 Å². The molecule has 0 amide bonds. The monoisotopic (exact) mass is 245 g/mol. The number of rotatable bonds is 6. The second kappa shape index (κ2) is 5.31. The van der Waals surface area contributed by atoms with E-state index in [2.05, 4.69) is 23.5 Å². The first-order valence-corrected chi connectivity index (χ1v) is 7.27. The summed E-state index contributed by atoms with van der Waals surface area (Å²) in [5.41, 5.74) is 2.95. The Balaban J connectivity index is 1.55. The van der Waals surface area contributed by atoms with Gasteiger partial charge in [0.2, 0.25) is 0 Å². The van der Waals surface area contributed by atoms with Crippen molar-refractivity contribution < 1.29 is 4.74 Å². The molecule has 98 valence electrons. The minimum atomic E-state index is 0.550. The van der Waals surface area contributed by atoms with E-state index in [1.165, 1.54) is 49.7 Å². The molecule has 1 unspecified atom stereocenters. The third-order valence-electron chi connectivity index (χ3n) is 4.31. The summed E-state index contributed by atoms with van der Waals surface area (Å²) < 4.78 is 5.33. The van der Waals surface area contributed by atoms with E-state index in [1.54, 1.807) is 7.11 Å². The first-order valence-electron chi connectivity index (χ1n) is 7.27. The second-order valence-electron chi connectivity index (χ2n) is 5.70. The molecule has 2 nitrogen and oxygen atoms in total. The van der Waals surface area contributed by atoms with Gasteiger partial charge >= 0.3 is 0 Å². The van der Waals surface area contributed by atoms with Crippen LogP contribution >= 0.6 is 0 Å². The predicted octanol–water partition coefficient (Wildman–Crippen LogP) is 3.46. The van der Waals surface area contributed by atoms with E-state index in [1.807, 2.05) is 0 Å². The fraction of sp³-hybridized carbons (Fsp3) is 0.625. The fourth-order valence-electron chi connectivity index (χ4n) is 2.99. The smallest absolute Gasteiger partial charge is 0.119 e. The molecule has 0 radical (unpaired) electrons. The molecule has 0 heterocycles. The van der Waals surface area contributed by atoms with Gasteiger partial charge < -0.3 is 10.1 Å². The summed E-state index contributed by atoms with van der Waals surface area (Å²) in [4.78, 5) is 0. The van der Waals surface area contributed by atoms with Gasteiger partial charge in [-0.2, -0.15) is 0 Å². The molecule has 0 saturated heterocycles. The fourth-order valence-corrected chi connectivity index (χ4v) is 2.99. The number of aryl methyl sites for hydroxylation is 1. The zero-order valence-electron chi connectivity index (χ0n) is 11.2. The molecule has 1 atom stereocenters. The molecule has 0 aliphatic heterocycles. The molecule has 3 rings (SSSR count). The Bertz CT molecular complexity index is 412. The van der Waals surface area contributed by atoms with E-state index in [9.17, 15) is 0 Å². The summed E-state index contributed by atoms with van der Waals surface area (Å²) in [5.74, 6) is 2.04. The summed E-state index contributed by atoms with van der Waals surface area (Å²) in [6.07, 6.45) is 8.16. The maximum atomic E-state index is 5.33. The van der Waals surface area contributed by atoms with Crippen LogP contribution < -0.4 is 10.1 Å². The molecule has 0 spiro atoms. The highest BCUT2D eigenvalue weighted by atomic mass is 16.5. The molecule has 0 bridgehead atoms. The van der Waals surface area contributed by atoms with Gasteiger partial charge in [0.25, 0.3) is 0 Å². The van der Waals surface area contributed by atoms with Crippen LogP contribution in [0.4, 0.5) is 0 Å². The van der Waals surface area contributed by atoms with Crippen molar-refractivity contribution in [2.45, 2.75) is 44.6 Å². The third kappa shape index (κ3) is 2.69. The number of hydrogen-bond acceptors (Lipinski definition) is 2. The Morgan fingerprint density at radius 2 is 2.17 bits per heavy atom. The molecule has 2 aliphatic rings. The molecule has 18 heavy (non-hydrogen) atoms. The van der Waals surface area contributed by atoms with Gasteiger partial charge in [-0.1, -0.05) is 18.9 Å². The lowest BCUT2D eigenvalue weighted by Crippen LogP contribution is -2.20. The highest BCUT2D eigenvalue weighted by Crippen LogP contribution is 2.35. The Morgan fingerprint density at radius 1 is 1.28 bits per heavy atom.